The van der Waals surface area contributed by atoms with E-state index in [1.54, 1.807) is 12.1 Å². The van der Waals surface area contributed by atoms with Crippen molar-refractivity contribution in [2.75, 3.05) is 44.0 Å². The Bertz CT molecular complexity index is 630. The molecule has 1 amide bonds. The first-order valence-corrected chi connectivity index (χ1v) is 9.41. The average molecular weight is 341 g/mol. The summed E-state index contributed by atoms with van der Waals surface area (Å²) in [5.41, 5.74) is 0.188. The molecular formula is C14H23N5O3S. The normalized spacial score (nSPS) is 19.7. The van der Waals surface area contributed by atoms with Crippen LogP contribution in [0, 0.1) is 0 Å². The zero-order chi connectivity index (χ0) is 16.9. The van der Waals surface area contributed by atoms with Crippen LogP contribution in [0.5, 0.6) is 0 Å². The van der Waals surface area contributed by atoms with Gasteiger partial charge in [-0.1, -0.05) is 0 Å². The molecule has 0 aliphatic carbocycles. The minimum atomic E-state index is -3.01. The van der Waals surface area contributed by atoms with Gasteiger partial charge in [-0.25, -0.2) is 8.42 Å². The van der Waals surface area contributed by atoms with Gasteiger partial charge in [0.25, 0.3) is 5.91 Å². The van der Waals surface area contributed by atoms with Gasteiger partial charge in [0.05, 0.1) is 11.5 Å². The third-order valence-corrected chi connectivity index (χ3v) is 5.32. The molecule has 2 N–H and O–H groups in total. The molecule has 0 spiro atoms. The molecule has 1 aromatic rings. The maximum Gasteiger partial charge on any atom is 0.272 e. The van der Waals surface area contributed by atoms with Crippen molar-refractivity contribution in [1.82, 2.24) is 20.4 Å². The molecule has 9 heteroatoms. The number of aromatic nitrogens is 2. The summed E-state index contributed by atoms with van der Waals surface area (Å²) in [7, 11) is 1.02. The summed E-state index contributed by atoms with van der Waals surface area (Å²) < 4.78 is 22.8. The van der Waals surface area contributed by atoms with E-state index in [0.717, 1.165) is 19.5 Å². The van der Waals surface area contributed by atoms with Crippen molar-refractivity contribution in [3.8, 4) is 0 Å². The lowest BCUT2D eigenvalue weighted by Crippen LogP contribution is -2.36. The van der Waals surface area contributed by atoms with Crippen molar-refractivity contribution in [3.63, 3.8) is 0 Å². The predicted molar refractivity (Wildman–Crippen MR) is 88.2 cm³/mol. The first-order valence-electron chi connectivity index (χ1n) is 7.59. The van der Waals surface area contributed by atoms with Crippen LogP contribution in [-0.2, 0) is 9.84 Å². The Morgan fingerprint density at radius 3 is 2.70 bits per heavy atom. The van der Waals surface area contributed by atoms with E-state index in [9.17, 15) is 13.2 Å². The fourth-order valence-corrected chi connectivity index (χ4v) is 4.00. The van der Waals surface area contributed by atoms with Crippen LogP contribution in [0.4, 0.5) is 5.82 Å². The fourth-order valence-electron chi connectivity index (χ4n) is 2.33. The van der Waals surface area contributed by atoms with E-state index >= 15 is 0 Å². The van der Waals surface area contributed by atoms with Gasteiger partial charge >= 0.3 is 0 Å². The quantitative estimate of drug-likeness (QED) is 0.659. The lowest BCUT2D eigenvalue weighted by Gasteiger charge is -2.11. The molecule has 1 unspecified atom stereocenters. The van der Waals surface area contributed by atoms with E-state index in [1.165, 1.54) is 0 Å². The first kappa shape index (κ1) is 17.6. The molecule has 0 radical (unpaired) electrons. The predicted octanol–water partition coefficient (Wildman–Crippen LogP) is -0.243. The summed E-state index contributed by atoms with van der Waals surface area (Å²) in [5.74, 6) is 0.347. The van der Waals surface area contributed by atoms with Crippen molar-refractivity contribution in [1.29, 1.82) is 0 Å². The standard InChI is InChI=1S/C14H23N5O3S/c1-19(2)8-3-7-15-13-5-4-12(17-18-13)14(20)16-11-6-9-23(21,22)10-11/h4-5,11H,3,6-10H2,1-2H3,(H,15,18)(H,16,20). The Morgan fingerprint density at radius 1 is 1.35 bits per heavy atom. The van der Waals surface area contributed by atoms with Gasteiger partial charge in [0.2, 0.25) is 0 Å². The maximum atomic E-state index is 12.0. The van der Waals surface area contributed by atoms with Crippen molar-refractivity contribution < 1.29 is 13.2 Å². The van der Waals surface area contributed by atoms with E-state index in [-0.39, 0.29) is 23.2 Å². The summed E-state index contributed by atoms with van der Waals surface area (Å²) in [6.45, 7) is 1.75. The highest BCUT2D eigenvalue weighted by Crippen LogP contribution is 2.12. The van der Waals surface area contributed by atoms with Gasteiger partial charge in [0.1, 0.15) is 5.82 Å². The largest absolute Gasteiger partial charge is 0.369 e. The summed E-state index contributed by atoms with van der Waals surface area (Å²) >= 11 is 0. The Kier molecular flexibility index (Phi) is 5.89. The third kappa shape index (κ3) is 5.76. The van der Waals surface area contributed by atoms with Crippen LogP contribution in [0.1, 0.15) is 23.3 Å². The number of hydrogen-bond donors (Lipinski definition) is 2. The molecule has 1 saturated heterocycles. The molecule has 1 aliphatic rings. The lowest BCUT2D eigenvalue weighted by atomic mass is 10.2. The monoisotopic (exact) mass is 341 g/mol. The molecule has 23 heavy (non-hydrogen) atoms. The number of amides is 1. The Balaban J connectivity index is 1.81. The Morgan fingerprint density at radius 2 is 2.13 bits per heavy atom. The number of nitrogens with zero attached hydrogens (tertiary/aromatic N) is 3. The van der Waals surface area contributed by atoms with E-state index < -0.39 is 15.7 Å². The smallest absolute Gasteiger partial charge is 0.272 e. The summed E-state index contributed by atoms with van der Waals surface area (Å²) in [5, 5.41) is 13.7. The minimum absolute atomic E-state index is 0.00230. The zero-order valence-electron chi connectivity index (χ0n) is 13.4. The number of carbonyl (C=O) groups is 1. The van der Waals surface area contributed by atoms with Crippen LogP contribution in [0.3, 0.4) is 0 Å². The molecule has 2 heterocycles. The van der Waals surface area contributed by atoms with E-state index in [1.807, 2.05) is 14.1 Å². The third-order valence-electron chi connectivity index (χ3n) is 3.55. The van der Waals surface area contributed by atoms with Crippen molar-refractivity contribution in [2.45, 2.75) is 18.9 Å². The molecule has 1 aromatic heterocycles. The van der Waals surface area contributed by atoms with Gasteiger partial charge in [0.15, 0.2) is 15.5 Å². The second-order valence-corrected chi connectivity index (χ2v) is 8.19. The minimum Gasteiger partial charge on any atom is -0.369 e. The molecule has 1 atom stereocenters. The van der Waals surface area contributed by atoms with Crippen LogP contribution in [-0.4, -0.2) is 74.2 Å². The summed E-state index contributed by atoms with van der Waals surface area (Å²) in [6, 6.07) is 2.95. The van der Waals surface area contributed by atoms with Gasteiger partial charge in [0, 0.05) is 12.6 Å². The number of anilines is 1. The first-order chi connectivity index (χ1) is 10.9. The van der Waals surface area contributed by atoms with Crippen LogP contribution < -0.4 is 10.6 Å². The van der Waals surface area contributed by atoms with Gasteiger partial charge < -0.3 is 15.5 Å². The van der Waals surface area contributed by atoms with Crippen molar-refractivity contribution in [3.05, 3.63) is 17.8 Å². The fraction of sp³-hybridized carbons (Fsp3) is 0.643. The highest BCUT2D eigenvalue weighted by atomic mass is 32.2. The van der Waals surface area contributed by atoms with Crippen molar-refractivity contribution in [2.24, 2.45) is 0 Å². The molecular weight excluding hydrogens is 318 g/mol. The summed E-state index contributed by atoms with van der Waals surface area (Å²) in [6.07, 6.45) is 1.43. The molecule has 0 bridgehead atoms. The lowest BCUT2D eigenvalue weighted by molar-refractivity contribution is 0.0935. The van der Waals surface area contributed by atoms with Crippen molar-refractivity contribution >= 4 is 21.6 Å². The Hall–Kier alpha value is -1.74. The number of sulfone groups is 1. The molecule has 8 nitrogen and oxygen atoms in total. The second-order valence-electron chi connectivity index (χ2n) is 5.96. The molecule has 0 saturated carbocycles. The SMILES string of the molecule is CN(C)CCCNc1ccc(C(=O)NC2CCS(=O)(=O)C2)nn1. The molecule has 128 valence electrons. The maximum absolute atomic E-state index is 12.0. The average Bonchev–Trinajstić information content (AvgIpc) is 2.83. The van der Waals surface area contributed by atoms with E-state index in [0.29, 0.717) is 12.2 Å². The van der Waals surface area contributed by atoms with Crippen LogP contribution >= 0.6 is 0 Å². The highest BCUT2D eigenvalue weighted by Gasteiger charge is 2.29. The topological polar surface area (TPSA) is 104 Å². The van der Waals surface area contributed by atoms with Gasteiger partial charge in [-0.2, -0.15) is 0 Å². The second kappa shape index (κ2) is 7.69. The van der Waals surface area contributed by atoms with E-state index in [2.05, 4.69) is 25.7 Å². The number of hydrogen-bond acceptors (Lipinski definition) is 7. The van der Waals surface area contributed by atoms with E-state index in [4.69, 9.17) is 0 Å². The number of carbonyl (C=O) groups excluding carboxylic acids is 1. The van der Waals surface area contributed by atoms with Gasteiger partial charge in [-0.15, -0.1) is 10.2 Å². The number of nitrogens with one attached hydrogen (secondary N) is 2. The molecule has 0 aromatic carbocycles. The van der Waals surface area contributed by atoms with Gasteiger partial charge in [-0.05, 0) is 45.6 Å². The zero-order valence-corrected chi connectivity index (χ0v) is 14.3. The van der Waals surface area contributed by atoms with Gasteiger partial charge in [-0.3, -0.25) is 4.79 Å². The number of rotatable bonds is 7. The van der Waals surface area contributed by atoms with Crippen LogP contribution in [0.2, 0.25) is 0 Å². The summed E-state index contributed by atoms with van der Waals surface area (Å²) in [4.78, 5) is 14.1. The van der Waals surface area contributed by atoms with Crippen LogP contribution in [0.15, 0.2) is 12.1 Å². The molecule has 1 aliphatic heterocycles. The Labute approximate surface area is 136 Å². The van der Waals surface area contributed by atoms with Crippen LogP contribution in [0.25, 0.3) is 0 Å². The molecule has 1 fully saturated rings. The highest BCUT2D eigenvalue weighted by molar-refractivity contribution is 7.91. The molecule has 2 rings (SSSR count).